The third kappa shape index (κ3) is 4.39. The van der Waals surface area contributed by atoms with E-state index >= 15 is 0 Å². The van der Waals surface area contributed by atoms with Gasteiger partial charge in [-0.25, -0.2) is 0 Å². The molecule has 0 amide bonds. The molecule has 1 N–H and O–H groups in total. The van der Waals surface area contributed by atoms with E-state index in [0.717, 1.165) is 0 Å². The average Bonchev–Trinajstić information content (AvgIpc) is 2.26. The quantitative estimate of drug-likeness (QED) is 0.864. The molecule has 0 radical (unpaired) electrons. The van der Waals surface area contributed by atoms with E-state index in [2.05, 4.69) is 14.5 Å². The number of ether oxygens (including phenoxy) is 2. The lowest BCUT2D eigenvalue weighted by atomic mass is 10.1. The van der Waals surface area contributed by atoms with Crippen LogP contribution >= 0.6 is 0 Å². The first-order valence-electron chi connectivity index (χ1n) is 5.06. The fourth-order valence-electron chi connectivity index (χ4n) is 1.41. The van der Waals surface area contributed by atoms with Crippen molar-refractivity contribution in [3.63, 3.8) is 0 Å². The van der Waals surface area contributed by atoms with Crippen LogP contribution in [0.4, 0.5) is 26.3 Å². The highest BCUT2D eigenvalue weighted by molar-refractivity contribution is 5.71. The predicted molar refractivity (Wildman–Crippen MR) is 53.8 cm³/mol. The summed E-state index contributed by atoms with van der Waals surface area (Å²) in [4.78, 5) is 13.6. The highest BCUT2D eigenvalue weighted by atomic mass is 19.4. The predicted octanol–water partition coefficient (Wildman–Crippen LogP) is 2.63. The molecule has 118 valence electrons. The van der Waals surface area contributed by atoms with Crippen LogP contribution in [0.3, 0.4) is 0 Å². The van der Waals surface area contributed by atoms with Gasteiger partial charge in [-0.15, -0.1) is 13.2 Å². The van der Waals surface area contributed by atoms with E-state index in [4.69, 9.17) is 5.11 Å². The minimum absolute atomic E-state index is 0.181. The van der Waals surface area contributed by atoms with E-state index in [1.54, 1.807) is 0 Å². The van der Waals surface area contributed by atoms with Gasteiger partial charge >= 0.3 is 18.5 Å². The van der Waals surface area contributed by atoms with Crippen molar-refractivity contribution < 1.29 is 45.7 Å². The molecule has 0 bridgehead atoms. The molecule has 1 rings (SSSR count). The Bertz CT molecular complexity index is 540. The number of carbonyl (C=O) groups is 1. The summed E-state index contributed by atoms with van der Waals surface area (Å²) < 4.78 is 82.5. The Kier molecular flexibility index (Phi) is 4.54. The summed E-state index contributed by atoms with van der Waals surface area (Å²) in [7, 11) is 0.693. The summed E-state index contributed by atoms with van der Waals surface area (Å²) in [6.45, 7) is 0. The van der Waals surface area contributed by atoms with Gasteiger partial charge in [0.2, 0.25) is 0 Å². The standard InChI is InChI=1S/C10H7F6NO4/c1-20-7-4(9(11,12)13)3-17-5(2-6(18)19)8(7)21-10(14,15)16/h3H,2H2,1H3,(H,18,19). The van der Waals surface area contributed by atoms with Gasteiger partial charge in [-0.3, -0.25) is 9.78 Å². The van der Waals surface area contributed by atoms with Crippen LogP contribution in [0.5, 0.6) is 11.5 Å². The Morgan fingerprint density at radius 3 is 2.19 bits per heavy atom. The van der Waals surface area contributed by atoms with E-state index in [1.807, 2.05) is 0 Å². The lowest BCUT2D eigenvalue weighted by molar-refractivity contribution is -0.275. The Balaban J connectivity index is 3.52. The molecule has 0 aromatic carbocycles. The summed E-state index contributed by atoms with van der Waals surface area (Å²) >= 11 is 0. The molecule has 5 nitrogen and oxygen atoms in total. The van der Waals surface area contributed by atoms with E-state index in [1.165, 1.54) is 0 Å². The average molecular weight is 319 g/mol. The zero-order valence-electron chi connectivity index (χ0n) is 10.2. The maximum Gasteiger partial charge on any atom is 0.573 e. The molecular weight excluding hydrogens is 312 g/mol. The number of aliphatic carboxylic acids is 1. The highest BCUT2D eigenvalue weighted by Crippen LogP contribution is 2.44. The smallest absolute Gasteiger partial charge is 0.492 e. The van der Waals surface area contributed by atoms with Gasteiger partial charge < -0.3 is 14.6 Å². The second-order valence-electron chi connectivity index (χ2n) is 3.60. The molecule has 0 spiro atoms. The molecule has 0 saturated carbocycles. The lowest BCUT2D eigenvalue weighted by Gasteiger charge is -2.18. The molecular formula is C10H7F6NO4. The zero-order valence-corrected chi connectivity index (χ0v) is 10.2. The van der Waals surface area contributed by atoms with Crippen molar-refractivity contribution >= 4 is 5.97 Å². The molecule has 0 unspecified atom stereocenters. The van der Waals surface area contributed by atoms with Crippen LogP contribution in [-0.4, -0.2) is 29.5 Å². The number of pyridine rings is 1. The summed E-state index contributed by atoms with van der Waals surface area (Å²) in [6.07, 6.45) is -11.3. The van der Waals surface area contributed by atoms with Crippen LogP contribution in [0.25, 0.3) is 0 Å². The molecule has 0 fully saturated rings. The van der Waals surface area contributed by atoms with Gasteiger partial charge in [0, 0.05) is 6.20 Å². The molecule has 0 aliphatic rings. The number of halogens is 6. The van der Waals surface area contributed by atoms with Crippen molar-refractivity contribution in [1.82, 2.24) is 4.98 Å². The normalized spacial score (nSPS) is 12.1. The lowest BCUT2D eigenvalue weighted by Crippen LogP contribution is -2.21. The van der Waals surface area contributed by atoms with Gasteiger partial charge in [0.25, 0.3) is 0 Å². The van der Waals surface area contributed by atoms with Gasteiger partial charge in [0.15, 0.2) is 11.5 Å². The topological polar surface area (TPSA) is 68.7 Å². The maximum atomic E-state index is 12.7. The zero-order chi connectivity index (χ0) is 16.4. The summed E-state index contributed by atoms with van der Waals surface area (Å²) in [6, 6.07) is 0. The molecule has 0 aliphatic heterocycles. The largest absolute Gasteiger partial charge is 0.573 e. The van der Waals surface area contributed by atoms with Gasteiger partial charge in [-0.1, -0.05) is 0 Å². The van der Waals surface area contributed by atoms with Crippen molar-refractivity contribution in [3.8, 4) is 11.5 Å². The first-order chi connectivity index (χ1) is 9.45. The fraction of sp³-hybridized carbons (Fsp3) is 0.400. The molecule has 11 heteroatoms. The van der Waals surface area contributed by atoms with Crippen LogP contribution in [0.2, 0.25) is 0 Å². The Morgan fingerprint density at radius 2 is 1.81 bits per heavy atom. The first kappa shape index (κ1) is 16.9. The van der Waals surface area contributed by atoms with Gasteiger partial charge in [0.1, 0.15) is 5.56 Å². The number of alkyl halides is 6. The number of carboxylic acid groups (broad SMARTS) is 1. The van der Waals surface area contributed by atoms with Crippen molar-refractivity contribution in [3.05, 3.63) is 17.5 Å². The molecule has 0 atom stereocenters. The number of rotatable bonds is 4. The summed E-state index contributed by atoms with van der Waals surface area (Å²) in [5.74, 6) is -4.32. The maximum absolute atomic E-state index is 12.7. The minimum Gasteiger partial charge on any atom is -0.492 e. The van der Waals surface area contributed by atoms with Crippen molar-refractivity contribution in [1.29, 1.82) is 0 Å². The minimum atomic E-state index is -5.34. The third-order valence-corrected chi connectivity index (χ3v) is 2.11. The van der Waals surface area contributed by atoms with Crippen LogP contribution in [0, 0.1) is 0 Å². The summed E-state index contributed by atoms with van der Waals surface area (Å²) in [5, 5.41) is 8.54. The van der Waals surface area contributed by atoms with Crippen LogP contribution in [-0.2, 0) is 17.4 Å². The van der Waals surface area contributed by atoms with Crippen molar-refractivity contribution in [2.24, 2.45) is 0 Å². The van der Waals surface area contributed by atoms with Crippen molar-refractivity contribution in [2.75, 3.05) is 7.11 Å². The Morgan fingerprint density at radius 1 is 1.24 bits per heavy atom. The second kappa shape index (κ2) is 5.66. The van der Waals surface area contributed by atoms with Crippen LogP contribution < -0.4 is 9.47 Å². The molecule has 0 saturated heterocycles. The van der Waals surface area contributed by atoms with E-state index in [0.29, 0.717) is 7.11 Å². The van der Waals surface area contributed by atoms with Crippen LogP contribution in [0.1, 0.15) is 11.3 Å². The summed E-state index contributed by atoms with van der Waals surface area (Å²) in [5.41, 5.74) is -2.46. The van der Waals surface area contributed by atoms with Gasteiger partial charge in [-0.05, 0) is 0 Å². The van der Waals surface area contributed by atoms with Crippen molar-refractivity contribution in [2.45, 2.75) is 19.0 Å². The molecule has 1 heterocycles. The molecule has 1 aromatic rings. The molecule has 21 heavy (non-hydrogen) atoms. The molecule has 1 aromatic heterocycles. The van der Waals surface area contributed by atoms with E-state index < -0.39 is 47.7 Å². The number of carboxylic acids is 1. The highest BCUT2D eigenvalue weighted by Gasteiger charge is 2.41. The van der Waals surface area contributed by atoms with Crippen LogP contribution in [0.15, 0.2) is 6.20 Å². The van der Waals surface area contributed by atoms with Gasteiger partial charge in [-0.2, -0.15) is 13.2 Å². The van der Waals surface area contributed by atoms with Gasteiger partial charge in [0.05, 0.1) is 19.2 Å². The Hall–Kier alpha value is -2.20. The monoisotopic (exact) mass is 319 g/mol. The number of hydrogen-bond acceptors (Lipinski definition) is 4. The Labute approximate surface area is 113 Å². The van der Waals surface area contributed by atoms with E-state index in [9.17, 15) is 31.1 Å². The molecule has 0 aliphatic carbocycles. The number of aromatic nitrogens is 1. The SMILES string of the molecule is COc1c(C(F)(F)F)cnc(CC(=O)O)c1OC(F)(F)F. The fourth-order valence-corrected chi connectivity index (χ4v) is 1.41. The first-order valence-corrected chi connectivity index (χ1v) is 5.06. The van der Waals surface area contributed by atoms with E-state index in [-0.39, 0.29) is 6.20 Å². The number of nitrogens with zero attached hydrogens (tertiary/aromatic N) is 1. The number of hydrogen-bond donors (Lipinski definition) is 1. The number of methoxy groups -OCH3 is 1. The third-order valence-electron chi connectivity index (χ3n) is 2.11. The second-order valence-corrected chi connectivity index (χ2v) is 3.60.